The Hall–Kier alpha value is -1.72. The van der Waals surface area contributed by atoms with Crippen LogP contribution >= 0.6 is 11.6 Å². The van der Waals surface area contributed by atoms with Gasteiger partial charge in [-0.3, -0.25) is 9.97 Å². The summed E-state index contributed by atoms with van der Waals surface area (Å²) in [6.07, 6.45) is 4.85. The molecule has 1 atom stereocenters. The highest BCUT2D eigenvalue weighted by Crippen LogP contribution is 2.25. The Morgan fingerprint density at radius 2 is 2.05 bits per heavy atom. The fraction of sp³-hybridized carbons (Fsp3) is 0.308. The van der Waals surface area contributed by atoms with E-state index >= 15 is 0 Å². The zero-order valence-electron chi connectivity index (χ0n) is 10.8. The summed E-state index contributed by atoms with van der Waals surface area (Å²) in [5.74, 6) is 0.491. The molecule has 1 unspecified atom stereocenters. The van der Waals surface area contributed by atoms with Crippen LogP contribution in [0.3, 0.4) is 0 Å². The highest BCUT2D eigenvalue weighted by atomic mass is 35.5. The lowest BCUT2D eigenvalue weighted by atomic mass is 10.1. The van der Waals surface area contributed by atoms with Gasteiger partial charge in [0.05, 0.1) is 23.9 Å². The van der Waals surface area contributed by atoms with Gasteiger partial charge in [-0.2, -0.15) is 0 Å². The normalized spacial score (nSPS) is 12.2. The van der Waals surface area contributed by atoms with E-state index in [1.165, 1.54) is 0 Å². The lowest BCUT2D eigenvalue weighted by molar-refractivity contribution is 0.382. The molecule has 5 nitrogen and oxygen atoms in total. The molecule has 2 aromatic rings. The number of halogens is 1. The van der Waals surface area contributed by atoms with Crippen molar-refractivity contribution < 1.29 is 4.74 Å². The van der Waals surface area contributed by atoms with E-state index < -0.39 is 0 Å². The van der Waals surface area contributed by atoms with E-state index in [1.54, 1.807) is 31.8 Å². The molecule has 2 rings (SSSR count). The van der Waals surface area contributed by atoms with E-state index in [2.05, 4.69) is 20.3 Å². The summed E-state index contributed by atoms with van der Waals surface area (Å²) >= 11 is 5.86. The van der Waals surface area contributed by atoms with Crippen molar-refractivity contribution in [2.75, 3.05) is 13.7 Å². The summed E-state index contributed by atoms with van der Waals surface area (Å²) in [5, 5.41) is 3.92. The van der Waals surface area contributed by atoms with E-state index in [-0.39, 0.29) is 6.04 Å². The van der Waals surface area contributed by atoms with E-state index in [4.69, 9.17) is 16.3 Å². The Labute approximate surface area is 117 Å². The average molecular weight is 279 g/mol. The average Bonchev–Trinajstić information content (AvgIpc) is 2.46. The number of ether oxygens (including phenoxy) is 1. The molecular formula is C13H15ClN4O. The Kier molecular flexibility index (Phi) is 4.65. The minimum absolute atomic E-state index is 0.175. The van der Waals surface area contributed by atoms with Crippen LogP contribution in [0.15, 0.2) is 30.7 Å². The summed E-state index contributed by atoms with van der Waals surface area (Å²) in [4.78, 5) is 12.8. The molecule has 0 radical (unpaired) electrons. The van der Waals surface area contributed by atoms with E-state index in [1.807, 2.05) is 13.0 Å². The van der Waals surface area contributed by atoms with E-state index in [0.29, 0.717) is 16.6 Å². The van der Waals surface area contributed by atoms with Crippen LogP contribution < -0.4 is 10.1 Å². The van der Waals surface area contributed by atoms with Gasteiger partial charge in [-0.15, -0.1) is 0 Å². The molecule has 2 aromatic heterocycles. The molecule has 0 fully saturated rings. The second kappa shape index (κ2) is 6.45. The number of nitrogens with one attached hydrogen (secondary N) is 1. The molecule has 0 saturated carbocycles. The van der Waals surface area contributed by atoms with Crippen LogP contribution in [0.25, 0.3) is 0 Å². The SMILES string of the molecule is CCNC(c1ccc(Cl)cn1)c1nccnc1OC. The van der Waals surface area contributed by atoms with Gasteiger partial charge in [-0.05, 0) is 18.7 Å². The fourth-order valence-electron chi connectivity index (χ4n) is 1.79. The van der Waals surface area contributed by atoms with E-state index in [0.717, 1.165) is 12.2 Å². The fourth-order valence-corrected chi connectivity index (χ4v) is 1.91. The predicted octanol–water partition coefficient (Wildman–Crippen LogP) is 2.23. The predicted molar refractivity (Wildman–Crippen MR) is 73.4 cm³/mol. The second-order valence-electron chi connectivity index (χ2n) is 3.84. The maximum absolute atomic E-state index is 5.86. The molecule has 0 saturated heterocycles. The number of hydrogen-bond donors (Lipinski definition) is 1. The van der Waals surface area contributed by atoms with Gasteiger partial charge in [0.15, 0.2) is 0 Å². The molecule has 0 spiro atoms. The topological polar surface area (TPSA) is 59.9 Å². The lowest BCUT2D eigenvalue weighted by Crippen LogP contribution is -2.24. The summed E-state index contributed by atoms with van der Waals surface area (Å²) < 4.78 is 5.25. The summed E-state index contributed by atoms with van der Waals surface area (Å²) in [6.45, 7) is 2.79. The zero-order chi connectivity index (χ0) is 13.7. The largest absolute Gasteiger partial charge is 0.480 e. The van der Waals surface area contributed by atoms with Gasteiger partial charge in [0, 0.05) is 18.6 Å². The Balaban J connectivity index is 2.42. The second-order valence-corrected chi connectivity index (χ2v) is 4.28. The van der Waals surface area contributed by atoms with Crippen LogP contribution in [0.4, 0.5) is 0 Å². The van der Waals surface area contributed by atoms with Crippen molar-refractivity contribution in [3.8, 4) is 5.88 Å². The Bertz CT molecular complexity index is 532. The van der Waals surface area contributed by atoms with Crippen molar-refractivity contribution in [3.05, 3.63) is 47.1 Å². The first kappa shape index (κ1) is 13.7. The molecule has 19 heavy (non-hydrogen) atoms. The van der Waals surface area contributed by atoms with Gasteiger partial charge in [0.25, 0.3) is 0 Å². The quantitative estimate of drug-likeness (QED) is 0.909. The van der Waals surface area contributed by atoms with Crippen molar-refractivity contribution in [2.24, 2.45) is 0 Å². The third-order valence-corrected chi connectivity index (χ3v) is 2.84. The molecule has 100 valence electrons. The van der Waals surface area contributed by atoms with Gasteiger partial charge in [-0.1, -0.05) is 18.5 Å². The molecule has 2 heterocycles. The van der Waals surface area contributed by atoms with Gasteiger partial charge >= 0.3 is 0 Å². The van der Waals surface area contributed by atoms with Crippen LogP contribution in [0.2, 0.25) is 5.02 Å². The third-order valence-electron chi connectivity index (χ3n) is 2.61. The Morgan fingerprint density at radius 1 is 1.26 bits per heavy atom. The number of rotatable bonds is 5. The van der Waals surface area contributed by atoms with Gasteiger partial charge < -0.3 is 10.1 Å². The Morgan fingerprint density at radius 3 is 2.68 bits per heavy atom. The summed E-state index contributed by atoms with van der Waals surface area (Å²) in [5.41, 5.74) is 1.53. The zero-order valence-corrected chi connectivity index (χ0v) is 11.6. The number of nitrogens with zero attached hydrogens (tertiary/aromatic N) is 3. The van der Waals surface area contributed by atoms with Crippen LogP contribution in [0, 0.1) is 0 Å². The van der Waals surface area contributed by atoms with Gasteiger partial charge in [0.2, 0.25) is 5.88 Å². The highest BCUT2D eigenvalue weighted by Gasteiger charge is 2.20. The molecule has 1 N–H and O–H groups in total. The number of aromatic nitrogens is 3. The molecule has 0 aromatic carbocycles. The van der Waals surface area contributed by atoms with Crippen molar-refractivity contribution in [1.29, 1.82) is 0 Å². The molecular weight excluding hydrogens is 264 g/mol. The van der Waals surface area contributed by atoms with Crippen molar-refractivity contribution in [3.63, 3.8) is 0 Å². The van der Waals surface area contributed by atoms with Crippen molar-refractivity contribution in [1.82, 2.24) is 20.3 Å². The molecule has 0 bridgehead atoms. The van der Waals surface area contributed by atoms with Crippen LogP contribution in [0.1, 0.15) is 24.4 Å². The van der Waals surface area contributed by atoms with Crippen LogP contribution in [-0.2, 0) is 0 Å². The number of methoxy groups -OCH3 is 1. The molecule has 0 aliphatic rings. The highest BCUT2D eigenvalue weighted by molar-refractivity contribution is 6.30. The molecule has 0 amide bonds. The maximum atomic E-state index is 5.86. The maximum Gasteiger partial charge on any atom is 0.237 e. The van der Waals surface area contributed by atoms with Crippen molar-refractivity contribution >= 4 is 11.6 Å². The first-order valence-corrected chi connectivity index (χ1v) is 6.33. The minimum Gasteiger partial charge on any atom is -0.480 e. The molecule has 6 heteroatoms. The number of pyridine rings is 1. The van der Waals surface area contributed by atoms with Crippen LogP contribution in [-0.4, -0.2) is 28.6 Å². The van der Waals surface area contributed by atoms with Gasteiger partial charge in [0.1, 0.15) is 5.69 Å². The summed E-state index contributed by atoms with van der Waals surface area (Å²) in [6, 6.07) is 3.49. The first-order valence-electron chi connectivity index (χ1n) is 5.96. The monoisotopic (exact) mass is 278 g/mol. The summed E-state index contributed by atoms with van der Waals surface area (Å²) in [7, 11) is 1.58. The number of hydrogen-bond acceptors (Lipinski definition) is 5. The molecule has 0 aliphatic carbocycles. The lowest BCUT2D eigenvalue weighted by Gasteiger charge is -2.18. The van der Waals surface area contributed by atoms with E-state index in [9.17, 15) is 0 Å². The smallest absolute Gasteiger partial charge is 0.237 e. The minimum atomic E-state index is -0.175. The molecule has 0 aliphatic heterocycles. The van der Waals surface area contributed by atoms with Gasteiger partial charge in [-0.25, -0.2) is 4.98 Å². The standard InChI is InChI=1S/C13H15ClN4O/c1-3-15-11(10-5-4-9(14)8-18-10)12-13(19-2)17-7-6-16-12/h4-8,11,15H,3H2,1-2H3. The third kappa shape index (κ3) is 3.19. The van der Waals surface area contributed by atoms with Crippen LogP contribution in [0.5, 0.6) is 5.88 Å². The first-order chi connectivity index (χ1) is 9.26. The van der Waals surface area contributed by atoms with Crippen molar-refractivity contribution in [2.45, 2.75) is 13.0 Å².